The predicted octanol–water partition coefficient (Wildman–Crippen LogP) is -6.87. The second-order valence-corrected chi connectivity index (χ2v) is 10.6. The van der Waals surface area contributed by atoms with Gasteiger partial charge in [0.2, 0.25) is 0 Å². The van der Waals surface area contributed by atoms with Gasteiger partial charge in [0.1, 0.15) is 67.1 Å². The molecule has 0 aromatic carbocycles. The molecule has 0 saturated carbocycles. The molecule has 17 nitrogen and oxygen atoms in total. The highest BCUT2D eigenvalue weighted by atomic mass is 16.7. The smallest absolute Gasteiger partial charge is 0.186 e. The molecule has 0 aromatic rings. The minimum Gasteiger partial charge on any atom is -0.394 e. The van der Waals surface area contributed by atoms with E-state index in [2.05, 4.69) is 0 Å². The largest absolute Gasteiger partial charge is 0.394 e. The van der Waals surface area contributed by atoms with Crippen molar-refractivity contribution in [3.8, 4) is 0 Å². The quantitative estimate of drug-likeness (QED) is 0.0687. The Morgan fingerprint density at radius 1 is 0.707 bits per heavy atom. The van der Waals surface area contributed by atoms with Crippen LogP contribution in [0.1, 0.15) is 19.3 Å². The molecule has 13 N–H and O–H groups in total. The maximum atomic E-state index is 10.3. The normalized spacial score (nSPS) is 37.6. The van der Waals surface area contributed by atoms with Crippen LogP contribution < -0.4 is 5.73 Å². The number of nitrogens with zero attached hydrogens (tertiary/aromatic N) is 1. The molecule has 0 amide bonds. The van der Waals surface area contributed by atoms with Crippen LogP contribution >= 0.6 is 0 Å². The molecule has 2 saturated heterocycles. The summed E-state index contributed by atoms with van der Waals surface area (Å²) in [5.41, 5.74) is 5.46. The van der Waals surface area contributed by atoms with Gasteiger partial charge in [0.05, 0.1) is 25.9 Å². The number of unbranched alkanes of at least 4 members (excludes halogenated alkanes) is 2. The van der Waals surface area contributed by atoms with E-state index in [4.69, 9.17) is 24.7 Å². The van der Waals surface area contributed by atoms with E-state index in [1.165, 1.54) is 0 Å². The van der Waals surface area contributed by atoms with Crippen molar-refractivity contribution in [3.05, 3.63) is 0 Å². The first-order chi connectivity index (χ1) is 19.3. The minimum atomic E-state index is -1.85. The third-order valence-corrected chi connectivity index (χ3v) is 7.25. The highest BCUT2D eigenvalue weighted by Crippen LogP contribution is 2.26. The highest BCUT2D eigenvalue weighted by molar-refractivity contribution is 4.92. The summed E-state index contributed by atoms with van der Waals surface area (Å²) in [6.07, 6.45) is -20.4. The van der Waals surface area contributed by atoms with E-state index in [-0.39, 0.29) is 6.54 Å². The lowest BCUT2D eigenvalue weighted by Crippen LogP contribution is -2.62. The number of hydrogen-bond acceptors (Lipinski definition) is 17. The van der Waals surface area contributed by atoms with Gasteiger partial charge >= 0.3 is 0 Å². The summed E-state index contributed by atoms with van der Waals surface area (Å²) in [4.78, 5) is 1.76. The molecule has 2 heterocycles. The van der Waals surface area contributed by atoms with E-state index in [1.807, 2.05) is 0 Å². The topological polar surface area (TPSA) is 289 Å². The molecule has 2 fully saturated rings. The summed E-state index contributed by atoms with van der Waals surface area (Å²) in [7, 11) is 1.73. The number of rotatable bonds is 17. The highest BCUT2D eigenvalue weighted by Gasteiger charge is 2.47. The average molecular weight is 605 g/mol. The third-order valence-electron chi connectivity index (χ3n) is 7.25. The Kier molecular flexibility index (Phi) is 15.6. The van der Waals surface area contributed by atoms with Crippen LogP contribution in [0.3, 0.4) is 0 Å². The fourth-order valence-electron chi connectivity index (χ4n) is 4.56. The fraction of sp³-hybridized carbons (Fsp3) is 1.00. The first-order valence-corrected chi connectivity index (χ1v) is 13.7. The van der Waals surface area contributed by atoms with E-state index in [0.717, 1.165) is 19.3 Å². The van der Waals surface area contributed by atoms with Crippen molar-refractivity contribution < 1.29 is 75.1 Å². The Labute approximate surface area is 237 Å². The molecule has 2 aliphatic rings. The number of nitrogens with two attached hydrogens (primary N) is 1. The van der Waals surface area contributed by atoms with Crippen LogP contribution in [0, 0.1) is 0 Å². The van der Waals surface area contributed by atoms with E-state index in [1.54, 1.807) is 11.9 Å². The lowest BCUT2D eigenvalue weighted by atomic mass is 9.98. The molecule has 2 aliphatic heterocycles. The van der Waals surface area contributed by atoms with Gasteiger partial charge in [-0.25, -0.2) is 0 Å². The molecule has 14 atom stereocenters. The molecular formula is C24H48N2O15. The number of aliphatic hydroxyl groups excluding tert-OH is 11. The maximum Gasteiger partial charge on any atom is 0.186 e. The first kappa shape index (κ1) is 36.5. The zero-order chi connectivity index (χ0) is 30.9. The van der Waals surface area contributed by atoms with Gasteiger partial charge in [-0.15, -0.1) is 0 Å². The molecule has 244 valence electrons. The predicted molar refractivity (Wildman–Crippen MR) is 137 cm³/mol. The van der Waals surface area contributed by atoms with E-state index >= 15 is 0 Å². The summed E-state index contributed by atoms with van der Waals surface area (Å²) in [5, 5.41) is 111. The van der Waals surface area contributed by atoms with E-state index in [9.17, 15) is 56.2 Å². The third kappa shape index (κ3) is 10.2. The SMILES string of the molecule is CN(CCCCCN)CC(O)[C@@H](O)[C@H](O)[C@H](O)CO[C@@H]1O[C@H](CO[C@@H]2O[C@H](CO)[C@@H](O)[C@H](O)[C@H]2O)[C@@H](O)[C@H](O)[C@H]1O. The molecule has 41 heavy (non-hydrogen) atoms. The monoisotopic (exact) mass is 604 g/mol. The van der Waals surface area contributed by atoms with Crippen LogP contribution in [0.5, 0.6) is 0 Å². The Hall–Kier alpha value is -0.680. The molecule has 0 bridgehead atoms. The van der Waals surface area contributed by atoms with Crippen LogP contribution in [-0.2, 0) is 18.9 Å². The molecule has 0 radical (unpaired) electrons. The second kappa shape index (κ2) is 17.6. The van der Waals surface area contributed by atoms with Crippen molar-refractivity contribution in [1.29, 1.82) is 0 Å². The lowest BCUT2D eigenvalue weighted by molar-refractivity contribution is -0.333. The van der Waals surface area contributed by atoms with Gasteiger partial charge in [-0.1, -0.05) is 6.42 Å². The van der Waals surface area contributed by atoms with Gasteiger partial charge in [0, 0.05) is 6.54 Å². The maximum absolute atomic E-state index is 10.3. The molecule has 17 heteroatoms. The minimum absolute atomic E-state index is 0.0130. The Bertz CT molecular complexity index is 727. The van der Waals surface area contributed by atoms with Gasteiger partial charge in [0.15, 0.2) is 12.6 Å². The number of ether oxygens (including phenoxy) is 4. The Morgan fingerprint density at radius 3 is 1.83 bits per heavy atom. The summed E-state index contributed by atoms with van der Waals surface area (Å²) in [6.45, 7) is -0.777. The number of likely N-dealkylation sites (N-methyl/N-ethyl adjacent to an activating group) is 1. The van der Waals surface area contributed by atoms with Gasteiger partial charge in [0.25, 0.3) is 0 Å². The van der Waals surface area contributed by atoms with Crippen molar-refractivity contribution in [1.82, 2.24) is 4.90 Å². The van der Waals surface area contributed by atoms with Crippen LogP contribution in [-0.4, -0.2) is 193 Å². The van der Waals surface area contributed by atoms with E-state index < -0.39 is 106 Å². The van der Waals surface area contributed by atoms with Crippen LogP contribution in [0.2, 0.25) is 0 Å². The number of aliphatic hydroxyl groups is 11. The zero-order valence-corrected chi connectivity index (χ0v) is 23.0. The van der Waals surface area contributed by atoms with Crippen molar-refractivity contribution in [3.63, 3.8) is 0 Å². The molecule has 2 rings (SSSR count). The molecule has 1 unspecified atom stereocenters. The molecule has 0 aliphatic carbocycles. The fourth-order valence-corrected chi connectivity index (χ4v) is 4.56. The average Bonchev–Trinajstić information content (AvgIpc) is 2.95. The van der Waals surface area contributed by atoms with Crippen molar-refractivity contribution in [2.75, 3.05) is 46.5 Å². The zero-order valence-electron chi connectivity index (χ0n) is 23.0. The van der Waals surface area contributed by atoms with Crippen LogP contribution in [0.25, 0.3) is 0 Å². The molecule has 0 spiro atoms. The van der Waals surface area contributed by atoms with Crippen molar-refractivity contribution in [2.45, 2.75) is 105 Å². The Balaban J connectivity index is 1.87. The van der Waals surface area contributed by atoms with Gasteiger partial charge < -0.3 is 85.8 Å². The van der Waals surface area contributed by atoms with Gasteiger partial charge in [-0.05, 0) is 33.0 Å². The van der Waals surface area contributed by atoms with Crippen LogP contribution in [0.4, 0.5) is 0 Å². The first-order valence-electron chi connectivity index (χ1n) is 13.7. The van der Waals surface area contributed by atoms with Gasteiger partial charge in [-0.2, -0.15) is 0 Å². The van der Waals surface area contributed by atoms with Crippen LogP contribution in [0.15, 0.2) is 0 Å². The summed E-state index contributed by atoms with van der Waals surface area (Å²) in [5.74, 6) is 0. The molecular weight excluding hydrogens is 556 g/mol. The Morgan fingerprint density at radius 2 is 1.24 bits per heavy atom. The van der Waals surface area contributed by atoms with Crippen molar-refractivity contribution in [2.24, 2.45) is 5.73 Å². The lowest BCUT2D eigenvalue weighted by Gasteiger charge is -2.42. The second-order valence-electron chi connectivity index (χ2n) is 10.6. The summed E-state index contributed by atoms with van der Waals surface area (Å²) >= 11 is 0. The molecule has 0 aromatic heterocycles. The van der Waals surface area contributed by atoms with Gasteiger partial charge in [-0.3, -0.25) is 0 Å². The summed E-state index contributed by atoms with van der Waals surface area (Å²) < 4.78 is 21.2. The summed E-state index contributed by atoms with van der Waals surface area (Å²) in [6, 6.07) is 0. The van der Waals surface area contributed by atoms with E-state index in [0.29, 0.717) is 13.1 Å². The standard InChI is InChI=1S/C24H48N2O15/c1-26(6-4-2-3-5-25)7-11(28)15(30)16(31)12(29)9-38-23-22(37)20(35)18(33)14(41-23)10-39-24-21(36)19(34)17(32)13(8-27)40-24/h11-24,27-37H,2-10,25H2,1H3/t11?,12-,13-,14-,15-,16-,17-,18-,19+,20+,21-,22-,23-,24-/m1/s1. The van der Waals surface area contributed by atoms with Crippen molar-refractivity contribution >= 4 is 0 Å². The number of hydrogen-bond donors (Lipinski definition) is 12.